The molecule has 1 aliphatic heterocycles. The number of methoxy groups -OCH3 is 1. The molecule has 0 bridgehead atoms. The van der Waals surface area contributed by atoms with Crippen molar-refractivity contribution in [2.24, 2.45) is 0 Å². The molecule has 3 amide bonds. The number of hydrogen-bond donors (Lipinski definition) is 1. The number of esters is 1. The van der Waals surface area contributed by atoms with Crippen LogP contribution in [0, 0.1) is 13.8 Å². The van der Waals surface area contributed by atoms with Crippen LogP contribution in [0.3, 0.4) is 0 Å². The van der Waals surface area contributed by atoms with Crippen molar-refractivity contribution in [1.82, 2.24) is 4.90 Å². The maximum atomic E-state index is 12.9. The lowest BCUT2D eigenvalue weighted by atomic mass is 10.1. The van der Waals surface area contributed by atoms with Gasteiger partial charge < -0.3 is 19.5 Å². The normalized spacial score (nSPS) is 14.2. The zero-order chi connectivity index (χ0) is 26.4. The summed E-state index contributed by atoms with van der Waals surface area (Å²) in [5, 5.41) is 2.29. The van der Waals surface area contributed by atoms with E-state index in [-0.39, 0.29) is 28.0 Å². The van der Waals surface area contributed by atoms with Crippen molar-refractivity contribution < 1.29 is 33.4 Å². The van der Waals surface area contributed by atoms with Gasteiger partial charge in [0.2, 0.25) is 5.91 Å². The first kappa shape index (κ1) is 27.1. The lowest BCUT2D eigenvalue weighted by molar-refractivity contribution is -0.143. The van der Waals surface area contributed by atoms with Gasteiger partial charge in [0, 0.05) is 5.69 Å². The van der Waals surface area contributed by atoms with E-state index in [1.54, 1.807) is 19.1 Å². The predicted molar refractivity (Wildman–Crippen MR) is 137 cm³/mol. The number of amides is 3. The quantitative estimate of drug-likeness (QED) is 0.369. The molecular formula is C25H25ClN2O7S. The highest BCUT2D eigenvalue weighted by Crippen LogP contribution is 2.39. The van der Waals surface area contributed by atoms with Crippen LogP contribution in [0.4, 0.5) is 10.5 Å². The Morgan fingerprint density at radius 1 is 1.11 bits per heavy atom. The molecule has 1 saturated heterocycles. The first-order chi connectivity index (χ1) is 17.1. The second kappa shape index (κ2) is 12.0. The van der Waals surface area contributed by atoms with Crippen LogP contribution in [-0.4, -0.2) is 54.8 Å². The van der Waals surface area contributed by atoms with Crippen molar-refractivity contribution in [3.8, 4) is 11.5 Å². The lowest BCUT2D eigenvalue weighted by Crippen LogP contribution is -2.36. The second-order valence-electron chi connectivity index (χ2n) is 7.74. The molecule has 0 aromatic heterocycles. The summed E-state index contributed by atoms with van der Waals surface area (Å²) >= 11 is 7.05. The molecule has 0 atom stereocenters. The van der Waals surface area contributed by atoms with E-state index in [4.69, 9.17) is 21.1 Å². The Balaban J connectivity index is 1.76. The molecule has 0 aliphatic carbocycles. The highest BCUT2D eigenvalue weighted by Gasteiger charge is 2.36. The number of carbonyl (C=O) groups is 4. The number of benzene rings is 2. The summed E-state index contributed by atoms with van der Waals surface area (Å²) in [5.74, 6) is -1.27. The Morgan fingerprint density at radius 2 is 1.86 bits per heavy atom. The van der Waals surface area contributed by atoms with Crippen LogP contribution in [0.1, 0.15) is 23.6 Å². The van der Waals surface area contributed by atoms with Crippen LogP contribution >= 0.6 is 23.4 Å². The lowest BCUT2D eigenvalue weighted by Gasteiger charge is -2.14. The molecule has 1 heterocycles. The third-order valence-corrected chi connectivity index (χ3v) is 6.35. The molecule has 190 valence electrons. The number of thioether (sulfide) groups is 1. The van der Waals surface area contributed by atoms with Crippen molar-refractivity contribution in [3.05, 3.63) is 56.9 Å². The summed E-state index contributed by atoms with van der Waals surface area (Å²) in [4.78, 5) is 50.3. The molecule has 0 unspecified atom stereocenters. The molecule has 0 radical (unpaired) electrons. The number of anilines is 1. The van der Waals surface area contributed by atoms with Gasteiger partial charge >= 0.3 is 5.97 Å². The Labute approximate surface area is 217 Å². The smallest absolute Gasteiger partial charge is 0.343 e. The van der Waals surface area contributed by atoms with Crippen LogP contribution in [0.2, 0.25) is 5.02 Å². The fourth-order valence-corrected chi connectivity index (χ4v) is 4.33. The van der Waals surface area contributed by atoms with Gasteiger partial charge in [-0.1, -0.05) is 17.7 Å². The van der Waals surface area contributed by atoms with Gasteiger partial charge in [-0.25, -0.2) is 4.79 Å². The fraction of sp³-hybridized carbons (Fsp3) is 0.280. The van der Waals surface area contributed by atoms with Crippen molar-refractivity contribution in [2.75, 3.05) is 32.2 Å². The van der Waals surface area contributed by atoms with E-state index < -0.39 is 29.6 Å². The van der Waals surface area contributed by atoms with Gasteiger partial charge in [0.1, 0.15) is 6.54 Å². The Bertz CT molecular complexity index is 1250. The first-order valence-corrected chi connectivity index (χ1v) is 12.1. The van der Waals surface area contributed by atoms with E-state index in [1.807, 2.05) is 26.0 Å². The number of aryl methyl sites for hydroxylation is 2. The average molecular weight is 533 g/mol. The maximum Gasteiger partial charge on any atom is 0.343 e. The summed E-state index contributed by atoms with van der Waals surface area (Å²) < 4.78 is 15.6. The molecular weight excluding hydrogens is 508 g/mol. The minimum atomic E-state index is -0.597. The van der Waals surface area contributed by atoms with Crippen molar-refractivity contribution in [3.63, 3.8) is 0 Å². The van der Waals surface area contributed by atoms with E-state index >= 15 is 0 Å². The first-order valence-electron chi connectivity index (χ1n) is 10.9. The molecule has 1 N–H and O–H groups in total. The van der Waals surface area contributed by atoms with Crippen molar-refractivity contribution in [2.45, 2.75) is 20.8 Å². The molecule has 9 nitrogen and oxygen atoms in total. The third-order valence-electron chi connectivity index (χ3n) is 5.16. The maximum absolute atomic E-state index is 12.9. The van der Waals surface area contributed by atoms with E-state index in [9.17, 15) is 19.2 Å². The van der Waals surface area contributed by atoms with Crippen LogP contribution in [0.25, 0.3) is 6.08 Å². The summed E-state index contributed by atoms with van der Waals surface area (Å²) in [6, 6.07) is 8.53. The van der Waals surface area contributed by atoms with Crippen molar-refractivity contribution in [1.29, 1.82) is 0 Å². The van der Waals surface area contributed by atoms with E-state index in [0.29, 0.717) is 17.9 Å². The van der Waals surface area contributed by atoms with Crippen LogP contribution in [0.15, 0.2) is 35.2 Å². The molecule has 36 heavy (non-hydrogen) atoms. The second-order valence-corrected chi connectivity index (χ2v) is 9.14. The average Bonchev–Trinajstić information content (AvgIpc) is 3.08. The SMILES string of the molecule is CCOc1cc(/C=C2\SC(=O)N(CC(=O)Nc3ccc(C)c(C)c3)C2=O)cc(Cl)c1OCC(=O)OC. The highest BCUT2D eigenvalue weighted by atomic mass is 35.5. The van der Waals surface area contributed by atoms with E-state index in [1.165, 1.54) is 19.3 Å². The Hall–Kier alpha value is -3.50. The van der Waals surface area contributed by atoms with Gasteiger partial charge in [-0.2, -0.15) is 0 Å². The number of nitrogens with zero attached hydrogens (tertiary/aromatic N) is 1. The molecule has 3 rings (SSSR count). The molecule has 11 heteroatoms. The summed E-state index contributed by atoms with van der Waals surface area (Å²) in [6.07, 6.45) is 1.48. The Kier molecular flexibility index (Phi) is 9.00. The monoisotopic (exact) mass is 532 g/mol. The fourth-order valence-electron chi connectivity index (χ4n) is 3.22. The van der Waals surface area contributed by atoms with Gasteiger partial charge in [-0.15, -0.1) is 0 Å². The number of halogens is 1. The van der Waals surface area contributed by atoms with Gasteiger partial charge in [0.25, 0.3) is 11.1 Å². The largest absolute Gasteiger partial charge is 0.490 e. The van der Waals surface area contributed by atoms with Gasteiger partial charge in [0.05, 0.1) is 23.6 Å². The number of hydrogen-bond acceptors (Lipinski definition) is 8. The minimum absolute atomic E-state index is 0.126. The standard InChI is InChI=1S/C25H25ClN2O7S/c1-5-34-19-10-16(9-18(26)23(19)35-13-22(30)33-4)11-20-24(31)28(25(32)36-20)12-21(29)27-17-7-6-14(2)15(3)8-17/h6-11H,5,12-13H2,1-4H3,(H,27,29)/b20-11-. The zero-order valence-electron chi connectivity index (χ0n) is 20.2. The summed E-state index contributed by atoms with van der Waals surface area (Å²) in [6.45, 7) is 5.16. The number of ether oxygens (including phenoxy) is 3. The van der Waals surface area contributed by atoms with Gasteiger partial charge in [-0.3, -0.25) is 19.3 Å². The van der Waals surface area contributed by atoms with Gasteiger partial charge in [0.15, 0.2) is 18.1 Å². The number of imide groups is 1. The van der Waals surface area contributed by atoms with E-state index in [2.05, 4.69) is 10.1 Å². The van der Waals surface area contributed by atoms with Crippen LogP contribution < -0.4 is 14.8 Å². The summed E-state index contributed by atoms with van der Waals surface area (Å²) in [5.41, 5.74) is 3.14. The van der Waals surface area contributed by atoms with E-state index in [0.717, 1.165) is 27.8 Å². The number of rotatable bonds is 9. The minimum Gasteiger partial charge on any atom is -0.490 e. The molecule has 2 aromatic rings. The molecule has 0 saturated carbocycles. The van der Waals surface area contributed by atoms with Crippen molar-refractivity contribution >= 4 is 58.1 Å². The molecule has 2 aromatic carbocycles. The predicted octanol–water partition coefficient (Wildman–Crippen LogP) is 4.58. The number of nitrogens with one attached hydrogen (secondary N) is 1. The molecule has 0 spiro atoms. The van der Waals surface area contributed by atoms with Gasteiger partial charge in [-0.05, 0) is 79.6 Å². The highest BCUT2D eigenvalue weighted by molar-refractivity contribution is 8.18. The molecule has 1 fully saturated rings. The zero-order valence-corrected chi connectivity index (χ0v) is 21.7. The third kappa shape index (κ3) is 6.58. The topological polar surface area (TPSA) is 111 Å². The van der Waals surface area contributed by atoms with Crippen LogP contribution in [0.5, 0.6) is 11.5 Å². The van der Waals surface area contributed by atoms with Crippen LogP contribution in [-0.2, 0) is 19.1 Å². The molecule has 1 aliphatic rings. The Morgan fingerprint density at radius 3 is 2.53 bits per heavy atom. The summed E-state index contributed by atoms with van der Waals surface area (Å²) in [7, 11) is 1.24. The number of carbonyl (C=O) groups excluding carboxylic acids is 4.